The first kappa shape index (κ1) is 20.9. The highest BCUT2D eigenvalue weighted by atomic mass is 16.5. The second-order valence-electron chi connectivity index (χ2n) is 6.55. The lowest BCUT2D eigenvalue weighted by Crippen LogP contribution is -2.33. The summed E-state index contributed by atoms with van der Waals surface area (Å²) in [6.45, 7) is 1.07. The number of carbonyl (C=O) groups is 1. The molecule has 1 aromatic heterocycles. The summed E-state index contributed by atoms with van der Waals surface area (Å²) in [6.07, 6.45) is 1.44. The van der Waals surface area contributed by atoms with Crippen molar-refractivity contribution < 1.29 is 14.3 Å². The number of hydrogen-bond acceptors (Lipinski definition) is 6. The maximum absolute atomic E-state index is 12.5. The molecule has 0 aliphatic rings. The molecule has 2 aromatic carbocycles. The SMILES string of the molecule is COc1ccccc1OCCN(C)CC(=O)Nc1c(C#N)cnn1-c1ccccc1. The van der Waals surface area contributed by atoms with Gasteiger partial charge in [-0.1, -0.05) is 30.3 Å². The van der Waals surface area contributed by atoms with Crippen molar-refractivity contribution in [2.75, 3.05) is 39.2 Å². The molecule has 30 heavy (non-hydrogen) atoms. The van der Waals surface area contributed by atoms with Gasteiger partial charge in [-0.2, -0.15) is 10.4 Å². The highest BCUT2D eigenvalue weighted by Crippen LogP contribution is 2.25. The summed E-state index contributed by atoms with van der Waals surface area (Å²) in [6, 6.07) is 18.8. The number of nitriles is 1. The predicted octanol–water partition coefficient (Wildman–Crippen LogP) is 2.70. The second kappa shape index (κ2) is 10.1. The monoisotopic (exact) mass is 405 g/mol. The number of hydrogen-bond donors (Lipinski definition) is 1. The molecule has 0 spiro atoms. The first-order valence-corrected chi connectivity index (χ1v) is 9.40. The van der Waals surface area contributed by atoms with E-state index in [1.165, 1.54) is 6.20 Å². The van der Waals surface area contributed by atoms with Gasteiger partial charge in [-0.05, 0) is 31.3 Å². The summed E-state index contributed by atoms with van der Waals surface area (Å²) >= 11 is 0. The quantitative estimate of drug-likeness (QED) is 0.588. The van der Waals surface area contributed by atoms with E-state index in [1.807, 2.05) is 66.5 Å². The van der Waals surface area contributed by atoms with E-state index in [0.717, 1.165) is 5.69 Å². The molecule has 0 aliphatic heterocycles. The van der Waals surface area contributed by atoms with E-state index in [2.05, 4.69) is 16.5 Å². The van der Waals surface area contributed by atoms with Gasteiger partial charge in [0, 0.05) is 6.54 Å². The van der Waals surface area contributed by atoms with Gasteiger partial charge in [0.25, 0.3) is 0 Å². The Morgan fingerprint density at radius 1 is 1.17 bits per heavy atom. The molecule has 8 nitrogen and oxygen atoms in total. The molecule has 0 unspecified atom stereocenters. The Hall–Kier alpha value is -3.83. The Bertz CT molecular complexity index is 1030. The van der Waals surface area contributed by atoms with Gasteiger partial charge in [-0.15, -0.1) is 0 Å². The van der Waals surface area contributed by atoms with Crippen LogP contribution in [0.25, 0.3) is 5.69 Å². The maximum Gasteiger partial charge on any atom is 0.239 e. The third-order valence-corrected chi connectivity index (χ3v) is 4.36. The first-order chi connectivity index (χ1) is 14.6. The fourth-order valence-corrected chi connectivity index (χ4v) is 2.86. The molecule has 0 atom stereocenters. The van der Waals surface area contributed by atoms with Crippen LogP contribution in [-0.4, -0.2) is 54.4 Å². The fraction of sp³-hybridized carbons (Fsp3) is 0.227. The van der Waals surface area contributed by atoms with Crippen LogP contribution < -0.4 is 14.8 Å². The number of rotatable bonds is 9. The molecule has 0 bridgehead atoms. The van der Waals surface area contributed by atoms with E-state index in [0.29, 0.717) is 36.0 Å². The van der Waals surface area contributed by atoms with Crippen molar-refractivity contribution in [2.45, 2.75) is 0 Å². The Balaban J connectivity index is 1.57. The second-order valence-corrected chi connectivity index (χ2v) is 6.55. The number of benzene rings is 2. The summed E-state index contributed by atoms with van der Waals surface area (Å²) in [7, 11) is 3.42. The largest absolute Gasteiger partial charge is 0.493 e. The topological polar surface area (TPSA) is 92.4 Å². The molecule has 1 N–H and O–H groups in total. The number of anilines is 1. The molecule has 8 heteroatoms. The van der Waals surface area contributed by atoms with Crippen molar-refractivity contribution in [1.82, 2.24) is 14.7 Å². The van der Waals surface area contributed by atoms with Gasteiger partial charge in [-0.3, -0.25) is 9.69 Å². The van der Waals surface area contributed by atoms with E-state index in [1.54, 1.807) is 11.8 Å². The minimum absolute atomic E-state index is 0.139. The summed E-state index contributed by atoms with van der Waals surface area (Å²) < 4.78 is 12.5. The van der Waals surface area contributed by atoms with Gasteiger partial charge in [-0.25, -0.2) is 4.68 Å². The van der Waals surface area contributed by atoms with Crippen molar-refractivity contribution in [3.63, 3.8) is 0 Å². The van der Waals surface area contributed by atoms with Crippen LogP contribution in [-0.2, 0) is 4.79 Å². The lowest BCUT2D eigenvalue weighted by molar-refractivity contribution is -0.117. The summed E-state index contributed by atoms with van der Waals surface area (Å²) in [5, 5.41) is 16.4. The predicted molar refractivity (Wildman–Crippen MR) is 113 cm³/mol. The average molecular weight is 405 g/mol. The van der Waals surface area contributed by atoms with Crippen LogP contribution in [0.2, 0.25) is 0 Å². The number of amides is 1. The molecule has 3 rings (SSSR count). The van der Waals surface area contributed by atoms with Crippen LogP contribution in [0.15, 0.2) is 60.8 Å². The first-order valence-electron chi connectivity index (χ1n) is 9.40. The average Bonchev–Trinajstić information content (AvgIpc) is 3.17. The Kier molecular flexibility index (Phi) is 7.03. The van der Waals surface area contributed by atoms with Crippen LogP contribution >= 0.6 is 0 Å². The van der Waals surface area contributed by atoms with Crippen LogP contribution in [0, 0.1) is 11.3 Å². The van der Waals surface area contributed by atoms with E-state index in [-0.39, 0.29) is 12.5 Å². The molecule has 3 aromatic rings. The van der Waals surface area contributed by atoms with Gasteiger partial charge in [0.15, 0.2) is 17.3 Å². The van der Waals surface area contributed by atoms with E-state index >= 15 is 0 Å². The highest BCUT2D eigenvalue weighted by Gasteiger charge is 2.16. The summed E-state index contributed by atoms with van der Waals surface area (Å²) in [5.41, 5.74) is 1.06. The maximum atomic E-state index is 12.5. The zero-order valence-corrected chi connectivity index (χ0v) is 16.9. The van der Waals surface area contributed by atoms with Gasteiger partial charge in [0.2, 0.25) is 5.91 Å². The standard InChI is InChI=1S/C22H23N5O3/c1-26(12-13-30-20-11-7-6-10-19(20)29-2)16-21(28)25-22-17(14-23)15-24-27(22)18-8-4-3-5-9-18/h3-11,15H,12-13,16H2,1-2H3,(H,25,28). The van der Waals surface area contributed by atoms with Crippen molar-refractivity contribution in [3.05, 3.63) is 66.4 Å². The Morgan fingerprint density at radius 2 is 1.87 bits per heavy atom. The molecule has 0 radical (unpaired) electrons. The van der Waals surface area contributed by atoms with Crippen molar-refractivity contribution in [1.29, 1.82) is 5.26 Å². The number of likely N-dealkylation sites (N-methyl/N-ethyl adjacent to an activating group) is 1. The van der Waals surface area contributed by atoms with Crippen LogP contribution in [0.3, 0.4) is 0 Å². The molecule has 1 heterocycles. The lowest BCUT2D eigenvalue weighted by atomic mass is 10.3. The van der Waals surface area contributed by atoms with Crippen molar-refractivity contribution in [2.24, 2.45) is 0 Å². The number of para-hydroxylation sites is 3. The number of methoxy groups -OCH3 is 1. The molecule has 0 fully saturated rings. The number of ether oxygens (including phenoxy) is 2. The molecule has 0 aliphatic carbocycles. The van der Waals surface area contributed by atoms with Crippen LogP contribution in [0.4, 0.5) is 5.82 Å². The summed E-state index contributed by atoms with van der Waals surface area (Å²) in [5.74, 6) is 1.43. The molecule has 0 saturated heterocycles. The number of nitrogens with one attached hydrogen (secondary N) is 1. The molecule has 1 amide bonds. The molecular formula is C22H23N5O3. The van der Waals surface area contributed by atoms with Crippen molar-refractivity contribution in [3.8, 4) is 23.3 Å². The molecule has 154 valence electrons. The zero-order valence-electron chi connectivity index (χ0n) is 16.9. The third kappa shape index (κ3) is 5.16. The Morgan fingerprint density at radius 3 is 2.57 bits per heavy atom. The number of aromatic nitrogens is 2. The smallest absolute Gasteiger partial charge is 0.239 e. The van der Waals surface area contributed by atoms with Gasteiger partial charge in [0.1, 0.15) is 18.2 Å². The normalized spacial score (nSPS) is 10.5. The number of carbonyl (C=O) groups excluding carboxylic acids is 1. The van der Waals surface area contributed by atoms with Crippen LogP contribution in [0.5, 0.6) is 11.5 Å². The minimum Gasteiger partial charge on any atom is -0.493 e. The highest BCUT2D eigenvalue weighted by molar-refractivity contribution is 5.92. The van der Waals surface area contributed by atoms with E-state index in [4.69, 9.17) is 9.47 Å². The lowest BCUT2D eigenvalue weighted by Gasteiger charge is -2.17. The van der Waals surface area contributed by atoms with Gasteiger partial charge >= 0.3 is 0 Å². The zero-order chi connectivity index (χ0) is 21.3. The van der Waals surface area contributed by atoms with Crippen molar-refractivity contribution >= 4 is 11.7 Å². The van der Waals surface area contributed by atoms with Gasteiger partial charge < -0.3 is 14.8 Å². The fourth-order valence-electron chi connectivity index (χ4n) is 2.86. The molecule has 0 saturated carbocycles. The number of nitrogens with zero attached hydrogens (tertiary/aromatic N) is 4. The van der Waals surface area contributed by atoms with E-state index in [9.17, 15) is 10.1 Å². The molecular weight excluding hydrogens is 382 g/mol. The van der Waals surface area contributed by atoms with E-state index < -0.39 is 0 Å². The Labute approximate surface area is 175 Å². The van der Waals surface area contributed by atoms with Crippen LogP contribution in [0.1, 0.15) is 5.56 Å². The summed E-state index contributed by atoms with van der Waals surface area (Å²) in [4.78, 5) is 14.4. The minimum atomic E-state index is -0.246. The third-order valence-electron chi connectivity index (χ3n) is 4.36. The van der Waals surface area contributed by atoms with Gasteiger partial charge in [0.05, 0.1) is 25.5 Å².